The predicted molar refractivity (Wildman–Crippen MR) is 91.5 cm³/mol. The van der Waals surface area contributed by atoms with Crippen LogP contribution in [-0.4, -0.2) is 10.5 Å². The van der Waals surface area contributed by atoms with Gasteiger partial charge in [-0.2, -0.15) is 13.2 Å². The molecule has 25 heavy (non-hydrogen) atoms. The lowest BCUT2D eigenvalue weighted by molar-refractivity contribution is -0.142. The highest BCUT2D eigenvalue weighted by molar-refractivity contribution is 5.95. The minimum absolute atomic E-state index is 0.0132. The molecule has 0 aliphatic carbocycles. The summed E-state index contributed by atoms with van der Waals surface area (Å²) in [7, 11) is 0. The van der Waals surface area contributed by atoms with Crippen molar-refractivity contribution >= 4 is 22.5 Å². The van der Waals surface area contributed by atoms with Crippen molar-refractivity contribution in [2.45, 2.75) is 25.9 Å². The molecule has 130 valence electrons. The largest absolute Gasteiger partial charge is 0.431 e. The maximum atomic E-state index is 13.4. The number of alkyl halides is 3. The molecule has 0 atom stereocenters. The van der Waals surface area contributed by atoms with Gasteiger partial charge in [0.05, 0.1) is 5.52 Å². The number of carbonyl (C=O) groups is 1. The average molecular weight is 346 g/mol. The number of aromatic nitrogens is 1. The Morgan fingerprint density at radius 1 is 1.12 bits per heavy atom. The Kier molecular flexibility index (Phi) is 4.29. The summed E-state index contributed by atoms with van der Waals surface area (Å²) in [6.45, 7) is 1.93. The smallest absolute Gasteiger partial charge is 0.399 e. The van der Waals surface area contributed by atoms with Gasteiger partial charge in [0.1, 0.15) is 5.69 Å². The standard InChI is InChI=1S/C19H17F3N2O/c1-12-3-2-4-13(9-12)5-8-18(25)24-16-7-6-15(23)10-14(16)11-17(24)19(20,21)22/h2-4,6-7,9-11H,5,8,23H2,1H3. The number of halogens is 3. The summed E-state index contributed by atoms with van der Waals surface area (Å²) in [4.78, 5) is 12.6. The van der Waals surface area contributed by atoms with Crippen LogP contribution in [0.1, 0.15) is 28.0 Å². The van der Waals surface area contributed by atoms with Crippen LogP contribution in [0.3, 0.4) is 0 Å². The quantitative estimate of drug-likeness (QED) is 0.691. The molecule has 0 bridgehead atoms. The van der Waals surface area contributed by atoms with Crippen LogP contribution in [0.2, 0.25) is 0 Å². The summed E-state index contributed by atoms with van der Waals surface area (Å²) in [6, 6.07) is 12.9. The minimum Gasteiger partial charge on any atom is -0.399 e. The van der Waals surface area contributed by atoms with Crippen LogP contribution < -0.4 is 5.73 Å². The second kappa shape index (κ2) is 6.27. The lowest BCUT2D eigenvalue weighted by atomic mass is 10.1. The first kappa shape index (κ1) is 17.1. The zero-order valence-electron chi connectivity index (χ0n) is 13.6. The maximum Gasteiger partial charge on any atom is 0.431 e. The number of rotatable bonds is 3. The van der Waals surface area contributed by atoms with E-state index in [0.29, 0.717) is 17.5 Å². The number of nitrogens with zero attached hydrogens (tertiary/aromatic N) is 1. The molecule has 0 spiro atoms. The molecule has 0 fully saturated rings. The number of benzene rings is 2. The molecule has 0 saturated heterocycles. The third kappa shape index (κ3) is 3.52. The second-order valence-electron chi connectivity index (χ2n) is 6.06. The number of aryl methyl sites for hydroxylation is 2. The molecular weight excluding hydrogens is 329 g/mol. The Balaban J connectivity index is 1.97. The minimum atomic E-state index is -4.62. The molecule has 0 radical (unpaired) electrons. The van der Waals surface area contributed by atoms with E-state index in [1.165, 1.54) is 18.2 Å². The van der Waals surface area contributed by atoms with Gasteiger partial charge >= 0.3 is 6.18 Å². The lowest BCUT2D eigenvalue weighted by Crippen LogP contribution is -2.20. The fourth-order valence-electron chi connectivity index (χ4n) is 2.94. The molecule has 0 aliphatic heterocycles. The SMILES string of the molecule is Cc1cccc(CCC(=O)n2c(C(F)(F)F)cc3cc(N)ccc32)c1. The summed E-state index contributed by atoms with van der Waals surface area (Å²) >= 11 is 0. The van der Waals surface area contributed by atoms with Gasteiger partial charge in [0.15, 0.2) is 0 Å². The normalized spacial score (nSPS) is 11.8. The number of hydrogen-bond donors (Lipinski definition) is 1. The van der Waals surface area contributed by atoms with Gasteiger partial charge in [-0.3, -0.25) is 9.36 Å². The van der Waals surface area contributed by atoms with Gasteiger partial charge in [0, 0.05) is 17.5 Å². The highest BCUT2D eigenvalue weighted by atomic mass is 19.4. The number of hydrogen-bond acceptors (Lipinski definition) is 2. The van der Waals surface area contributed by atoms with E-state index in [1.807, 2.05) is 31.2 Å². The van der Waals surface area contributed by atoms with E-state index < -0.39 is 17.8 Å². The van der Waals surface area contributed by atoms with E-state index in [9.17, 15) is 18.0 Å². The maximum absolute atomic E-state index is 13.4. The van der Waals surface area contributed by atoms with Crippen molar-refractivity contribution < 1.29 is 18.0 Å². The highest BCUT2D eigenvalue weighted by Gasteiger charge is 2.37. The fraction of sp³-hybridized carbons (Fsp3) is 0.211. The molecule has 3 nitrogen and oxygen atoms in total. The van der Waals surface area contributed by atoms with Gasteiger partial charge < -0.3 is 5.73 Å². The number of fused-ring (bicyclic) bond motifs is 1. The van der Waals surface area contributed by atoms with E-state index >= 15 is 0 Å². The molecule has 6 heteroatoms. The molecule has 0 unspecified atom stereocenters. The average Bonchev–Trinajstić information content (AvgIpc) is 2.91. The first-order chi connectivity index (χ1) is 11.8. The Labute approximate surface area is 142 Å². The van der Waals surface area contributed by atoms with Crippen molar-refractivity contribution in [1.29, 1.82) is 0 Å². The summed E-state index contributed by atoms with van der Waals surface area (Å²) in [6.07, 6.45) is -4.25. The Hall–Kier alpha value is -2.76. The monoisotopic (exact) mass is 346 g/mol. The number of anilines is 1. The zero-order chi connectivity index (χ0) is 18.2. The molecule has 1 heterocycles. The fourth-order valence-corrected chi connectivity index (χ4v) is 2.94. The van der Waals surface area contributed by atoms with Crippen LogP contribution in [0.5, 0.6) is 0 Å². The van der Waals surface area contributed by atoms with Gasteiger partial charge in [-0.25, -0.2) is 0 Å². The van der Waals surface area contributed by atoms with Crippen molar-refractivity contribution in [1.82, 2.24) is 4.57 Å². The Morgan fingerprint density at radius 2 is 1.88 bits per heavy atom. The van der Waals surface area contributed by atoms with Crippen molar-refractivity contribution in [3.63, 3.8) is 0 Å². The molecular formula is C19H17F3N2O. The Morgan fingerprint density at radius 3 is 2.56 bits per heavy atom. The van der Waals surface area contributed by atoms with E-state index in [-0.39, 0.29) is 11.9 Å². The van der Waals surface area contributed by atoms with Crippen LogP contribution >= 0.6 is 0 Å². The van der Waals surface area contributed by atoms with Crippen LogP contribution in [-0.2, 0) is 12.6 Å². The zero-order valence-corrected chi connectivity index (χ0v) is 13.6. The van der Waals surface area contributed by atoms with Gasteiger partial charge in [-0.05, 0) is 43.2 Å². The summed E-state index contributed by atoms with van der Waals surface area (Å²) in [5, 5.41) is 0.302. The van der Waals surface area contributed by atoms with Gasteiger partial charge in [0.2, 0.25) is 5.91 Å². The predicted octanol–water partition coefficient (Wildman–Crippen LogP) is 4.82. The first-order valence-electron chi connectivity index (χ1n) is 7.82. The molecule has 2 N–H and O–H groups in total. The molecule has 0 aliphatic rings. The number of nitrogen functional groups attached to an aromatic ring is 1. The molecule has 0 saturated carbocycles. The number of nitrogens with two attached hydrogens (primary N) is 1. The molecule has 0 amide bonds. The third-order valence-corrected chi connectivity index (χ3v) is 4.08. The van der Waals surface area contributed by atoms with Crippen molar-refractivity contribution in [3.8, 4) is 0 Å². The molecule has 3 aromatic rings. The van der Waals surface area contributed by atoms with Crippen molar-refractivity contribution in [2.75, 3.05) is 5.73 Å². The third-order valence-electron chi connectivity index (χ3n) is 4.08. The molecule has 3 rings (SSSR count). The van der Waals surface area contributed by atoms with E-state index in [1.54, 1.807) is 0 Å². The summed E-state index contributed by atoms with van der Waals surface area (Å²) in [5.41, 5.74) is 7.21. The second-order valence-corrected chi connectivity index (χ2v) is 6.06. The van der Waals surface area contributed by atoms with Gasteiger partial charge in [-0.15, -0.1) is 0 Å². The number of carbonyl (C=O) groups excluding carboxylic acids is 1. The first-order valence-corrected chi connectivity index (χ1v) is 7.82. The van der Waals surface area contributed by atoms with E-state index in [2.05, 4.69) is 0 Å². The Bertz CT molecular complexity index is 941. The molecule has 2 aromatic carbocycles. The topological polar surface area (TPSA) is 48.0 Å². The lowest BCUT2D eigenvalue weighted by Gasteiger charge is -2.12. The van der Waals surface area contributed by atoms with Crippen LogP contribution in [0.4, 0.5) is 18.9 Å². The van der Waals surface area contributed by atoms with Crippen molar-refractivity contribution in [3.05, 3.63) is 65.4 Å². The highest BCUT2D eigenvalue weighted by Crippen LogP contribution is 2.35. The van der Waals surface area contributed by atoms with Gasteiger partial charge in [0.25, 0.3) is 0 Å². The summed E-state index contributed by atoms with van der Waals surface area (Å²) in [5.74, 6) is -0.589. The van der Waals surface area contributed by atoms with Crippen LogP contribution in [0, 0.1) is 6.92 Å². The van der Waals surface area contributed by atoms with E-state index in [0.717, 1.165) is 21.8 Å². The van der Waals surface area contributed by atoms with Crippen LogP contribution in [0.25, 0.3) is 10.9 Å². The van der Waals surface area contributed by atoms with Gasteiger partial charge in [-0.1, -0.05) is 29.8 Å². The molecule has 1 aromatic heterocycles. The van der Waals surface area contributed by atoms with Crippen LogP contribution in [0.15, 0.2) is 48.5 Å². The van der Waals surface area contributed by atoms with E-state index in [4.69, 9.17) is 5.73 Å². The summed E-state index contributed by atoms with van der Waals surface area (Å²) < 4.78 is 40.8. The van der Waals surface area contributed by atoms with Crippen molar-refractivity contribution in [2.24, 2.45) is 0 Å².